The fourth-order valence-electron chi connectivity index (χ4n) is 2.91. The number of benzene rings is 1. The van der Waals surface area contributed by atoms with E-state index in [0.717, 1.165) is 0 Å². The van der Waals surface area contributed by atoms with E-state index in [4.69, 9.17) is 0 Å². The van der Waals surface area contributed by atoms with Crippen molar-refractivity contribution >= 4 is 27.5 Å². The van der Waals surface area contributed by atoms with Crippen molar-refractivity contribution < 1.29 is 18.0 Å². The van der Waals surface area contributed by atoms with Crippen LogP contribution in [0.25, 0.3) is 0 Å². The molecule has 1 aromatic carbocycles. The summed E-state index contributed by atoms with van der Waals surface area (Å²) in [5.74, 6) is 0.154. The van der Waals surface area contributed by atoms with Gasteiger partial charge in [0.1, 0.15) is 16.4 Å². The van der Waals surface area contributed by atoms with Crippen LogP contribution in [0.4, 0.5) is 10.5 Å². The number of sulfone groups is 1. The summed E-state index contributed by atoms with van der Waals surface area (Å²) in [5.41, 5.74) is 0.703. The second kappa shape index (κ2) is 5.72. The zero-order valence-corrected chi connectivity index (χ0v) is 13.0. The highest BCUT2D eigenvalue weighted by molar-refractivity contribution is 7.91. The number of carbonyl (C=O) groups excluding carboxylic acids is 2. The molecule has 2 aliphatic rings. The molecule has 2 heterocycles. The first-order valence-electron chi connectivity index (χ1n) is 7.33. The highest BCUT2D eigenvalue weighted by atomic mass is 32.2. The van der Waals surface area contributed by atoms with Crippen LogP contribution in [0.5, 0.6) is 0 Å². The number of nitrogens with zero attached hydrogens (tertiary/aromatic N) is 2. The summed E-state index contributed by atoms with van der Waals surface area (Å²) in [6.45, 7) is 0.365. The van der Waals surface area contributed by atoms with Crippen molar-refractivity contribution in [1.29, 1.82) is 0 Å². The Bertz CT molecular complexity index is 673. The van der Waals surface area contributed by atoms with Crippen LogP contribution in [0.1, 0.15) is 12.8 Å². The van der Waals surface area contributed by atoms with Crippen LogP contribution in [0.2, 0.25) is 0 Å². The van der Waals surface area contributed by atoms with Crippen LogP contribution in [0.15, 0.2) is 30.3 Å². The van der Waals surface area contributed by atoms with Crippen molar-refractivity contribution in [1.82, 2.24) is 4.90 Å². The van der Waals surface area contributed by atoms with E-state index in [1.54, 1.807) is 12.1 Å². The Morgan fingerprint density at radius 1 is 1.05 bits per heavy atom. The quantitative estimate of drug-likeness (QED) is 0.786. The number of urea groups is 1. The number of anilines is 1. The maximum atomic E-state index is 12.4. The van der Waals surface area contributed by atoms with Crippen LogP contribution >= 0.6 is 0 Å². The molecule has 0 bridgehead atoms. The predicted molar refractivity (Wildman–Crippen MR) is 82.3 cm³/mol. The van der Waals surface area contributed by atoms with E-state index in [1.165, 1.54) is 9.80 Å². The van der Waals surface area contributed by atoms with Crippen molar-refractivity contribution in [2.24, 2.45) is 5.92 Å². The summed E-state index contributed by atoms with van der Waals surface area (Å²) >= 11 is 0. The van der Waals surface area contributed by atoms with Crippen molar-refractivity contribution in [2.75, 3.05) is 29.5 Å². The lowest BCUT2D eigenvalue weighted by molar-refractivity contribution is -0.125. The van der Waals surface area contributed by atoms with Gasteiger partial charge in [-0.2, -0.15) is 0 Å². The van der Waals surface area contributed by atoms with Gasteiger partial charge in [0.15, 0.2) is 0 Å². The lowest BCUT2D eigenvalue weighted by Crippen LogP contribution is -2.39. The minimum Gasteiger partial charge on any atom is -0.285 e. The van der Waals surface area contributed by atoms with Crippen LogP contribution in [0.3, 0.4) is 0 Å². The topological polar surface area (TPSA) is 74.8 Å². The Labute approximate surface area is 129 Å². The van der Waals surface area contributed by atoms with Crippen molar-refractivity contribution in [3.05, 3.63) is 30.3 Å². The first-order valence-corrected chi connectivity index (χ1v) is 9.16. The van der Waals surface area contributed by atoms with E-state index in [1.807, 2.05) is 18.2 Å². The normalized spacial score (nSPS) is 22.4. The highest BCUT2D eigenvalue weighted by Gasteiger charge is 2.38. The van der Waals surface area contributed by atoms with Gasteiger partial charge in [-0.15, -0.1) is 0 Å². The Kier molecular flexibility index (Phi) is 3.90. The van der Waals surface area contributed by atoms with Gasteiger partial charge in [-0.05, 0) is 30.9 Å². The van der Waals surface area contributed by atoms with Crippen LogP contribution < -0.4 is 4.90 Å². The standard InChI is InChI=1S/C15H18N2O4S/c18-14-11-16(13-4-2-1-3-5-13)15(19)17(14)10-12-6-8-22(20,21)9-7-12/h1-5,12H,6-11H2. The molecule has 0 saturated carbocycles. The number of rotatable bonds is 3. The molecule has 3 rings (SSSR count). The fourth-order valence-corrected chi connectivity index (χ4v) is 4.50. The van der Waals surface area contributed by atoms with Gasteiger partial charge in [0, 0.05) is 12.2 Å². The summed E-state index contributed by atoms with van der Waals surface area (Å²) in [6.07, 6.45) is 1.04. The largest absolute Gasteiger partial charge is 0.331 e. The molecule has 2 aliphatic heterocycles. The summed E-state index contributed by atoms with van der Waals surface area (Å²) in [5, 5.41) is 0. The minimum atomic E-state index is -2.93. The molecule has 0 N–H and O–H groups in total. The Balaban J connectivity index is 1.68. The number of hydrogen-bond acceptors (Lipinski definition) is 4. The van der Waals surface area contributed by atoms with Gasteiger partial charge in [-0.25, -0.2) is 13.2 Å². The molecule has 0 atom stereocenters. The molecule has 7 heteroatoms. The van der Waals surface area contributed by atoms with Crippen LogP contribution in [-0.4, -0.2) is 49.9 Å². The van der Waals surface area contributed by atoms with Crippen molar-refractivity contribution in [3.8, 4) is 0 Å². The molecule has 2 fully saturated rings. The van der Waals surface area contributed by atoms with Gasteiger partial charge >= 0.3 is 6.03 Å². The Morgan fingerprint density at radius 3 is 2.32 bits per heavy atom. The third-order valence-electron chi connectivity index (χ3n) is 4.24. The van der Waals surface area contributed by atoms with Crippen molar-refractivity contribution in [2.45, 2.75) is 12.8 Å². The van der Waals surface area contributed by atoms with E-state index in [9.17, 15) is 18.0 Å². The molecule has 0 aromatic heterocycles. The molecule has 0 radical (unpaired) electrons. The molecule has 22 heavy (non-hydrogen) atoms. The second-order valence-electron chi connectivity index (χ2n) is 5.80. The zero-order chi connectivity index (χ0) is 15.7. The van der Waals surface area contributed by atoms with Gasteiger partial charge in [0.2, 0.25) is 0 Å². The summed E-state index contributed by atoms with van der Waals surface area (Å²) in [6, 6.07) is 8.77. The zero-order valence-electron chi connectivity index (χ0n) is 12.1. The summed E-state index contributed by atoms with van der Waals surface area (Å²) in [4.78, 5) is 27.3. The molecular formula is C15H18N2O4S. The summed E-state index contributed by atoms with van der Waals surface area (Å²) < 4.78 is 22.9. The lowest BCUT2D eigenvalue weighted by Gasteiger charge is -2.25. The monoisotopic (exact) mass is 322 g/mol. The van der Waals surface area contributed by atoms with Gasteiger partial charge in [0.25, 0.3) is 5.91 Å². The average molecular weight is 322 g/mol. The number of para-hydroxylation sites is 1. The SMILES string of the molecule is O=C1CN(c2ccccc2)C(=O)N1CC1CCS(=O)(=O)CC1. The van der Waals surface area contributed by atoms with Gasteiger partial charge in [-0.3, -0.25) is 14.6 Å². The second-order valence-corrected chi connectivity index (χ2v) is 8.11. The van der Waals surface area contributed by atoms with E-state index < -0.39 is 9.84 Å². The van der Waals surface area contributed by atoms with Crippen molar-refractivity contribution in [3.63, 3.8) is 0 Å². The average Bonchev–Trinajstić information content (AvgIpc) is 2.78. The smallest absolute Gasteiger partial charge is 0.285 e. The molecule has 3 amide bonds. The molecule has 0 spiro atoms. The molecule has 118 valence electrons. The lowest BCUT2D eigenvalue weighted by atomic mass is 10.0. The van der Waals surface area contributed by atoms with Gasteiger partial charge < -0.3 is 0 Å². The predicted octanol–water partition coefficient (Wildman–Crippen LogP) is 1.28. The molecule has 2 saturated heterocycles. The third-order valence-corrected chi connectivity index (χ3v) is 5.95. The highest BCUT2D eigenvalue weighted by Crippen LogP contribution is 2.25. The van der Waals surface area contributed by atoms with Gasteiger partial charge in [-0.1, -0.05) is 18.2 Å². The van der Waals surface area contributed by atoms with E-state index in [-0.39, 0.29) is 35.9 Å². The van der Waals surface area contributed by atoms with E-state index >= 15 is 0 Å². The fraction of sp³-hybridized carbons (Fsp3) is 0.467. The van der Waals surface area contributed by atoms with Crippen LogP contribution in [-0.2, 0) is 14.6 Å². The Morgan fingerprint density at radius 2 is 1.68 bits per heavy atom. The minimum absolute atomic E-state index is 0.0495. The van der Waals surface area contributed by atoms with E-state index in [2.05, 4.69) is 0 Å². The van der Waals surface area contributed by atoms with Crippen LogP contribution in [0, 0.1) is 5.92 Å². The molecule has 0 aliphatic carbocycles. The third kappa shape index (κ3) is 2.99. The maximum absolute atomic E-state index is 12.4. The number of imide groups is 1. The molecular weight excluding hydrogens is 304 g/mol. The Hall–Kier alpha value is -1.89. The number of hydrogen-bond donors (Lipinski definition) is 0. The summed E-state index contributed by atoms with van der Waals surface area (Å²) in [7, 11) is -2.93. The van der Waals surface area contributed by atoms with Gasteiger partial charge in [0.05, 0.1) is 11.5 Å². The molecule has 1 aromatic rings. The first kappa shape index (κ1) is 15.0. The number of amides is 3. The number of carbonyl (C=O) groups is 2. The molecule has 6 nitrogen and oxygen atoms in total. The maximum Gasteiger partial charge on any atom is 0.331 e. The molecule has 0 unspecified atom stereocenters. The first-order chi connectivity index (χ1) is 10.5. The van der Waals surface area contributed by atoms with E-state index in [0.29, 0.717) is 25.1 Å².